The Kier molecular flexibility index (Phi) is 9.33. The summed E-state index contributed by atoms with van der Waals surface area (Å²) in [4.78, 5) is 25.4. The highest BCUT2D eigenvalue weighted by atomic mass is 28.4. The van der Waals surface area contributed by atoms with Gasteiger partial charge in [0.05, 0.1) is 19.8 Å². The number of likely N-dealkylation sites (N-methyl/N-ethyl adjacent to an activating group) is 1. The van der Waals surface area contributed by atoms with Gasteiger partial charge in [0.2, 0.25) is 0 Å². The van der Waals surface area contributed by atoms with Crippen molar-refractivity contribution in [3.8, 4) is 0 Å². The molecule has 7 heteroatoms. The zero-order valence-electron chi connectivity index (χ0n) is 18.4. The average Bonchev–Trinajstić information content (AvgIpc) is 2.46. The minimum absolute atomic E-state index is 0.0913. The van der Waals surface area contributed by atoms with Gasteiger partial charge in [-0.2, -0.15) is 0 Å². The molecule has 0 saturated heterocycles. The van der Waals surface area contributed by atoms with Gasteiger partial charge in [-0.25, -0.2) is 4.79 Å². The van der Waals surface area contributed by atoms with Gasteiger partial charge in [0.1, 0.15) is 5.60 Å². The Labute approximate surface area is 160 Å². The van der Waals surface area contributed by atoms with Crippen molar-refractivity contribution in [1.29, 1.82) is 0 Å². The Morgan fingerprint density at radius 1 is 1.08 bits per heavy atom. The molecular formula is C19H39NO5Si. The molecule has 0 N–H and O–H groups in total. The Hall–Kier alpha value is -1.08. The molecule has 0 aliphatic carbocycles. The van der Waals surface area contributed by atoms with Crippen LogP contribution in [0.5, 0.6) is 0 Å². The summed E-state index contributed by atoms with van der Waals surface area (Å²) in [6.07, 6.45) is 1.24. The number of rotatable bonds is 8. The van der Waals surface area contributed by atoms with Crippen LogP contribution in [-0.4, -0.2) is 57.7 Å². The average molecular weight is 390 g/mol. The molecule has 0 saturated carbocycles. The van der Waals surface area contributed by atoms with Gasteiger partial charge < -0.3 is 18.8 Å². The lowest BCUT2D eigenvalue weighted by atomic mass is 10.1. The van der Waals surface area contributed by atoms with E-state index in [-0.39, 0.29) is 23.1 Å². The minimum atomic E-state index is -1.93. The predicted octanol–water partition coefficient (Wildman–Crippen LogP) is 4.59. The van der Waals surface area contributed by atoms with Crippen LogP contribution in [0.25, 0.3) is 0 Å². The zero-order valence-corrected chi connectivity index (χ0v) is 19.4. The third-order valence-electron chi connectivity index (χ3n) is 4.82. The van der Waals surface area contributed by atoms with E-state index in [4.69, 9.17) is 13.9 Å². The number of nitrogens with zero attached hydrogens (tertiary/aromatic N) is 1. The number of hydrogen-bond donors (Lipinski definition) is 0. The minimum Gasteiger partial charge on any atom is -0.469 e. The second-order valence-electron chi connectivity index (χ2n) is 9.28. The Balaban J connectivity index is 5.04. The largest absolute Gasteiger partial charge is 0.469 e. The van der Waals surface area contributed by atoms with Crippen LogP contribution in [0.1, 0.15) is 60.8 Å². The molecule has 1 unspecified atom stereocenters. The molecule has 154 valence electrons. The van der Waals surface area contributed by atoms with Gasteiger partial charge in [-0.3, -0.25) is 4.79 Å². The second-order valence-corrected chi connectivity index (χ2v) is 14.1. The van der Waals surface area contributed by atoms with E-state index in [1.165, 1.54) is 7.11 Å². The van der Waals surface area contributed by atoms with Crippen LogP contribution in [0, 0.1) is 0 Å². The number of esters is 1. The number of methoxy groups -OCH3 is 1. The fourth-order valence-corrected chi connectivity index (χ4v) is 3.02. The summed E-state index contributed by atoms with van der Waals surface area (Å²) in [6.45, 7) is 16.9. The van der Waals surface area contributed by atoms with Crippen LogP contribution in [-0.2, 0) is 18.7 Å². The summed E-state index contributed by atoms with van der Waals surface area (Å²) < 4.78 is 16.5. The fraction of sp³-hybridized carbons (Fsp3) is 0.895. The second kappa shape index (κ2) is 9.74. The van der Waals surface area contributed by atoms with Crippen molar-refractivity contribution in [3.63, 3.8) is 0 Å². The van der Waals surface area contributed by atoms with Crippen LogP contribution in [0.15, 0.2) is 0 Å². The molecule has 0 rings (SSSR count). The Morgan fingerprint density at radius 3 is 2.04 bits per heavy atom. The number of amides is 1. The van der Waals surface area contributed by atoms with Gasteiger partial charge in [0, 0.05) is 13.5 Å². The van der Waals surface area contributed by atoms with Crippen LogP contribution >= 0.6 is 0 Å². The summed E-state index contributed by atoms with van der Waals surface area (Å²) in [6, 6.07) is -0.149. The standard InChI is InChI=1S/C19H39NO5Si/c1-18(2,3)25-17(22)20(7)15(12-11-13-16(21)23-8)14-24-26(9,10)19(4,5)6/h15H,11-14H2,1-10H3. The lowest BCUT2D eigenvalue weighted by Gasteiger charge is -2.39. The zero-order chi connectivity index (χ0) is 20.8. The SMILES string of the molecule is COC(=O)CCCC(CO[Si](C)(C)C(C)(C)C)N(C)C(=O)OC(C)(C)C. The summed E-state index contributed by atoms with van der Waals surface area (Å²) in [7, 11) is 1.18. The molecule has 0 aliphatic rings. The fourth-order valence-electron chi connectivity index (χ4n) is 1.98. The smallest absolute Gasteiger partial charge is 0.410 e. The quantitative estimate of drug-likeness (QED) is 0.449. The van der Waals surface area contributed by atoms with Gasteiger partial charge >= 0.3 is 12.1 Å². The molecule has 26 heavy (non-hydrogen) atoms. The highest BCUT2D eigenvalue weighted by Gasteiger charge is 2.38. The highest BCUT2D eigenvalue weighted by Crippen LogP contribution is 2.36. The van der Waals surface area contributed by atoms with Crippen molar-refractivity contribution < 1.29 is 23.5 Å². The first-order valence-electron chi connectivity index (χ1n) is 9.27. The summed E-state index contributed by atoms with van der Waals surface area (Å²) >= 11 is 0. The van der Waals surface area contributed by atoms with E-state index in [9.17, 15) is 9.59 Å². The highest BCUT2D eigenvalue weighted by molar-refractivity contribution is 6.74. The third kappa shape index (κ3) is 9.03. The lowest BCUT2D eigenvalue weighted by Crippen LogP contribution is -2.47. The number of hydrogen-bond acceptors (Lipinski definition) is 5. The van der Waals surface area contributed by atoms with Crippen molar-refractivity contribution in [3.05, 3.63) is 0 Å². The summed E-state index contributed by atoms with van der Waals surface area (Å²) in [5.41, 5.74) is -0.553. The molecule has 0 aromatic carbocycles. The topological polar surface area (TPSA) is 65.1 Å². The molecule has 0 fully saturated rings. The van der Waals surface area contributed by atoms with E-state index in [2.05, 4.69) is 33.9 Å². The van der Waals surface area contributed by atoms with E-state index in [1.807, 2.05) is 20.8 Å². The van der Waals surface area contributed by atoms with Gasteiger partial charge in [0.25, 0.3) is 0 Å². The molecule has 0 spiro atoms. The molecule has 0 aromatic heterocycles. The van der Waals surface area contributed by atoms with E-state index >= 15 is 0 Å². The van der Waals surface area contributed by atoms with Crippen LogP contribution in [0.4, 0.5) is 4.79 Å². The number of ether oxygens (including phenoxy) is 2. The normalized spacial score (nSPS) is 13.9. The maximum Gasteiger partial charge on any atom is 0.410 e. The molecular weight excluding hydrogens is 350 g/mol. The number of carbonyl (C=O) groups is 2. The van der Waals surface area contributed by atoms with Crippen LogP contribution in [0.3, 0.4) is 0 Å². The first kappa shape index (κ1) is 24.9. The van der Waals surface area contributed by atoms with Gasteiger partial charge in [-0.05, 0) is 51.7 Å². The van der Waals surface area contributed by atoms with Crippen molar-refractivity contribution in [2.24, 2.45) is 0 Å². The third-order valence-corrected chi connectivity index (χ3v) is 9.32. The molecule has 1 amide bonds. The Morgan fingerprint density at radius 2 is 1.62 bits per heavy atom. The molecule has 0 aliphatic heterocycles. The summed E-state index contributed by atoms with van der Waals surface area (Å²) in [5, 5.41) is 0.0913. The van der Waals surface area contributed by atoms with Crippen molar-refractivity contribution in [1.82, 2.24) is 4.90 Å². The number of carbonyl (C=O) groups excluding carboxylic acids is 2. The van der Waals surface area contributed by atoms with Gasteiger partial charge in [-0.1, -0.05) is 20.8 Å². The van der Waals surface area contributed by atoms with E-state index in [0.29, 0.717) is 25.9 Å². The van der Waals surface area contributed by atoms with Crippen LogP contribution in [0.2, 0.25) is 18.1 Å². The monoisotopic (exact) mass is 389 g/mol. The molecule has 1 atom stereocenters. The first-order chi connectivity index (χ1) is 11.6. The molecule has 0 heterocycles. The first-order valence-corrected chi connectivity index (χ1v) is 12.2. The van der Waals surface area contributed by atoms with E-state index in [0.717, 1.165) is 0 Å². The maximum atomic E-state index is 12.4. The summed E-state index contributed by atoms with van der Waals surface area (Å²) in [5.74, 6) is -0.242. The van der Waals surface area contributed by atoms with E-state index < -0.39 is 13.9 Å². The molecule has 0 bridgehead atoms. The van der Waals surface area contributed by atoms with Gasteiger partial charge in [-0.15, -0.1) is 0 Å². The van der Waals surface area contributed by atoms with Gasteiger partial charge in [0.15, 0.2) is 8.32 Å². The van der Waals surface area contributed by atoms with Crippen molar-refractivity contribution in [2.45, 2.75) is 90.6 Å². The molecule has 0 aromatic rings. The van der Waals surface area contributed by atoms with Crippen molar-refractivity contribution >= 4 is 20.4 Å². The maximum absolute atomic E-state index is 12.4. The van der Waals surface area contributed by atoms with Crippen LogP contribution < -0.4 is 0 Å². The molecule has 0 radical (unpaired) electrons. The van der Waals surface area contributed by atoms with Crippen molar-refractivity contribution in [2.75, 3.05) is 20.8 Å². The predicted molar refractivity (Wildman–Crippen MR) is 107 cm³/mol. The Bertz CT molecular complexity index is 466. The molecule has 6 nitrogen and oxygen atoms in total. The van der Waals surface area contributed by atoms with E-state index in [1.54, 1.807) is 11.9 Å². The lowest BCUT2D eigenvalue weighted by molar-refractivity contribution is -0.140.